The van der Waals surface area contributed by atoms with Crippen molar-refractivity contribution in [1.29, 1.82) is 0 Å². The Bertz CT molecular complexity index is 1260. The Labute approximate surface area is 205 Å². The molecule has 0 spiro atoms. The molecule has 3 aromatic heterocycles. The molecule has 2 amide bonds. The maximum atomic E-state index is 13.6. The SMILES string of the molecule is CC(C)(C)NC(=O)[C@@H](c1ccco1)N(Cc1cccs1)C(=O)Cn1nnc(-c2ccc(F)cc2)n1. The number of rotatable bonds is 8. The third kappa shape index (κ3) is 6.18. The minimum atomic E-state index is -1.00. The number of furan rings is 1. The van der Waals surface area contributed by atoms with Gasteiger partial charge in [-0.15, -0.1) is 21.5 Å². The van der Waals surface area contributed by atoms with Crippen LogP contribution in [0.5, 0.6) is 0 Å². The van der Waals surface area contributed by atoms with Gasteiger partial charge in [0.1, 0.15) is 18.1 Å². The number of carbonyl (C=O) groups is 2. The number of thiophene rings is 1. The lowest BCUT2D eigenvalue weighted by Crippen LogP contribution is -2.49. The van der Waals surface area contributed by atoms with Crippen LogP contribution in [0.25, 0.3) is 11.4 Å². The Morgan fingerprint density at radius 1 is 1.17 bits per heavy atom. The lowest BCUT2D eigenvalue weighted by molar-refractivity contribution is -0.143. The number of benzene rings is 1. The third-order valence-corrected chi connectivity index (χ3v) is 5.79. The Hall–Kier alpha value is -3.86. The first-order chi connectivity index (χ1) is 16.7. The van der Waals surface area contributed by atoms with Gasteiger partial charge in [0.15, 0.2) is 6.04 Å². The molecular formula is C24H25FN6O3S. The number of nitrogens with zero attached hydrogens (tertiary/aromatic N) is 5. The first kappa shape index (κ1) is 24.3. The molecule has 4 aromatic rings. The van der Waals surface area contributed by atoms with Crippen LogP contribution in [0.4, 0.5) is 4.39 Å². The summed E-state index contributed by atoms with van der Waals surface area (Å²) < 4.78 is 18.8. The standard InChI is InChI=1S/C24H25FN6O3S/c1-24(2,3)26-23(33)21(19-7-4-12-34-19)30(14-18-6-5-13-35-18)20(32)15-31-28-22(27-29-31)16-8-10-17(25)11-9-16/h4-13,21H,14-15H2,1-3H3,(H,26,33)/t21-/m1/s1. The van der Waals surface area contributed by atoms with E-state index < -0.39 is 17.5 Å². The van der Waals surface area contributed by atoms with Crippen LogP contribution in [0.1, 0.15) is 37.5 Å². The van der Waals surface area contributed by atoms with Gasteiger partial charge in [-0.25, -0.2) is 4.39 Å². The van der Waals surface area contributed by atoms with Crippen molar-refractivity contribution >= 4 is 23.2 Å². The lowest BCUT2D eigenvalue weighted by atomic mass is 10.1. The molecule has 182 valence electrons. The summed E-state index contributed by atoms with van der Waals surface area (Å²) in [6.07, 6.45) is 1.47. The van der Waals surface area contributed by atoms with Crippen LogP contribution in [0.15, 0.2) is 64.6 Å². The topological polar surface area (TPSA) is 106 Å². The van der Waals surface area contributed by atoms with E-state index in [2.05, 4.69) is 20.7 Å². The highest BCUT2D eigenvalue weighted by atomic mass is 32.1. The fraction of sp³-hybridized carbons (Fsp3) is 0.292. The zero-order valence-corrected chi connectivity index (χ0v) is 20.3. The molecule has 35 heavy (non-hydrogen) atoms. The Morgan fingerprint density at radius 3 is 2.57 bits per heavy atom. The summed E-state index contributed by atoms with van der Waals surface area (Å²) in [5, 5.41) is 17.1. The molecule has 1 N–H and O–H groups in total. The molecule has 0 aliphatic heterocycles. The number of hydrogen-bond acceptors (Lipinski definition) is 7. The van der Waals surface area contributed by atoms with Gasteiger partial charge in [-0.3, -0.25) is 9.59 Å². The van der Waals surface area contributed by atoms with Gasteiger partial charge in [-0.2, -0.15) is 4.80 Å². The van der Waals surface area contributed by atoms with Crippen LogP contribution in [0, 0.1) is 5.82 Å². The molecule has 3 heterocycles. The van der Waals surface area contributed by atoms with E-state index in [4.69, 9.17) is 4.42 Å². The van der Waals surface area contributed by atoms with E-state index in [1.54, 1.807) is 12.1 Å². The van der Waals surface area contributed by atoms with Crippen LogP contribution in [-0.4, -0.2) is 42.5 Å². The smallest absolute Gasteiger partial charge is 0.251 e. The number of tetrazole rings is 1. The Kier molecular flexibility index (Phi) is 7.06. The van der Waals surface area contributed by atoms with Gasteiger partial charge in [0.25, 0.3) is 5.91 Å². The third-order valence-electron chi connectivity index (χ3n) is 4.93. The van der Waals surface area contributed by atoms with Crippen molar-refractivity contribution in [2.75, 3.05) is 0 Å². The molecule has 9 nitrogen and oxygen atoms in total. The molecule has 0 aliphatic rings. The number of nitrogens with one attached hydrogen (secondary N) is 1. The minimum Gasteiger partial charge on any atom is -0.467 e. The minimum absolute atomic E-state index is 0.193. The first-order valence-corrected chi connectivity index (χ1v) is 11.8. The largest absolute Gasteiger partial charge is 0.467 e. The highest BCUT2D eigenvalue weighted by Gasteiger charge is 2.35. The molecule has 4 rings (SSSR count). The highest BCUT2D eigenvalue weighted by molar-refractivity contribution is 7.09. The Morgan fingerprint density at radius 2 is 1.94 bits per heavy atom. The van der Waals surface area contributed by atoms with Crippen LogP contribution in [0.2, 0.25) is 0 Å². The number of carbonyl (C=O) groups excluding carboxylic acids is 2. The maximum absolute atomic E-state index is 13.6. The van der Waals surface area contributed by atoms with Crippen molar-refractivity contribution in [1.82, 2.24) is 30.4 Å². The summed E-state index contributed by atoms with van der Waals surface area (Å²) in [6.45, 7) is 5.54. The van der Waals surface area contributed by atoms with Gasteiger partial charge < -0.3 is 14.6 Å². The van der Waals surface area contributed by atoms with E-state index >= 15 is 0 Å². The summed E-state index contributed by atoms with van der Waals surface area (Å²) in [7, 11) is 0. The van der Waals surface area contributed by atoms with Crippen molar-refractivity contribution in [3.05, 3.63) is 76.6 Å². The molecule has 11 heteroatoms. The number of aromatic nitrogens is 4. The molecular weight excluding hydrogens is 471 g/mol. The second-order valence-corrected chi connectivity index (χ2v) is 9.94. The predicted molar refractivity (Wildman–Crippen MR) is 127 cm³/mol. The molecule has 0 unspecified atom stereocenters. The van der Waals surface area contributed by atoms with E-state index in [1.165, 1.54) is 46.8 Å². The summed E-state index contributed by atoms with van der Waals surface area (Å²) in [5.41, 5.74) is 0.0513. The number of amides is 2. The van der Waals surface area contributed by atoms with Crippen molar-refractivity contribution < 1.29 is 18.4 Å². The van der Waals surface area contributed by atoms with Crippen LogP contribution >= 0.6 is 11.3 Å². The van der Waals surface area contributed by atoms with Crippen molar-refractivity contribution in [3.63, 3.8) is 0 Å². The average molecular weight is 497 g/mol. The average Bonchev–Trinajstić information content (AvgIpc) is 3.56. The van der Waals surface area contributed by atoms with E-state index in [-0.39, 0.29) is 30.6 Å². The van der Waals surface area contributed by atoms with Crippen LogP contribution in [-0.2, 0) is 22.7 Å². The van der Waals surface area contributed by atoms with Gasteiger partial charge in [-0.1, -0.05) is 6.07 Å². The maximum Gasteiger partial charge on any atom is 0.251 e. The van der Waals surface area contributed by atoms with Crippen LogP contribution < -0.4 is 5.32 Å². The van der Waals surface area contributed by atoms with Gasteiger partial charge in [0, 0.05) is 16.0 Å². The molecule has 0 saturated heterocycles. The Balaban J connectivity index is 1.63. The van der Waals surface area contributed by atoms with Gasteiger partial charge in [-0.05, 0) is 73.8 Å². The van der Waals surface area contributed by atoms with Crippen molar-refractivity contribution in [2.24, 2.45) is 0 Å². The zero-order chi connectivity index (χ0) is 25.0. The van der Waals surface area contributed by atoms with Crippen molar-refractivity contribution in [3.8, 4) is 11.4 Å². The molecule has 0 radical (unpaired) electrons. The van der Waals surface area contributed by atoms with Crippen molar-refractivity contribution in [2.45, 2.75) is 45.4 Å². The number of halogens is 1. The highest BCUT2D eigenvalue weighted by Crippen LogP contribution is 2.27. The summed E-state index contributed by atoms with van der Waals surface area (Å²) in [6, 6.07) is 11.8. The monoisotopic (exact) mass is 496 g/mol. The summed E-state index contributed by atoms with van der Waals surface area (Å²) in [4.78, 5) is 30.4. The second kappa shape index (κ2) is 10.2. The predicted octanol–water partition coefficient (Wildman–Crippen LogP) is 3.82. The van der Waals surface area contributed by atoms with E-state index in [0.29, 0.717) is 11.3 Å². The fourth-order valence-electron chi connectivity index (χ4n) is 3.44. The molecule has 0 bridgehead atoms. The summed E-state index contributed by atoms with van der Waals surface area (Å²) in [5.74, 6) is -0.535. The molecule has 0 fully saturated rings. The molecule has 1 atom stereocenters. The quantitative estimate of drug-likeness (QED) is 0.398. The van der Waals surface area contributed by atoms with Gasteiger partial charge in [0.05, 0.1) is 12.8 Å². The van der Waals surface area contributed by atoms with E-state index in [9.17, 15) is 14.0 Å². The van der Waals surface area contributed by atoms with Crippen LogP contribution in [0.3, 0.4) is 0 Å². The lowest BCUT2D eigenvalue weighted by Gasteiger charge is -2.32. The fourth-order valence-corrected chi connectivity index (χ4v) is 4.14. The van der Waals surface area contributed by atoms with E-state index in [0.717, 1.165) is 9.67 Å². The number of hydrogen-bond donors (Lipinski definition) is 1. The van der Waals surface area contributed by atoms with E-state index in [1.807, 2.05) is 38.3 Å². The summed E-state index contributed by atoms with van der Waals surface area (Å²) >= 11 is 1.48. The molecule has 0 saturated carbocycles. The molecule has 0 aliphatic carbocycles. The van der Waals surface area contributed by atoms with Gasteiger partial charge in [0.2, 0.25) is 11.7 Å². The molecule has 1 aromatic carbocycles. The van der Waals surface area contributed by atoms with Gasteiger partial charge >= 0.3 is 0 Å². The normalized spacial score (nSPS) is 12.3. The second-order valence-electron chi connectivity index (χ2n) is 8.91. The zero-order valence-electron chi connectivity index (χ0n) is 19.5. The first-order valence-electron chi connectivity index (χ1n) is 10.9.